The molecule has 3 fully saturated rings. The number of hydrogen-bond donors (Lipinski definition) is 1. The van der Waals surface area contributed by atoms with E-state index in [-0.39, 0.29) is 58.4 Å². The monoisotopic (exact) mass is 596 g/mol. The summed E-state index contributed by atoms with van der Waals surface area (Å²) >= 11 is 0. The van der Waals surface area contributed by atoms with Gasteiger partial charge in [-0.05, 0) is 59.6 Å². The molecule has 5 amide bonds. The minimum atomic E-state index is -1.10. The number of imide groups is 2. The normalized spacial score (nSPS) is 24.0. The largest absolute Gasteiger partial charge is 0.367 e. The molecular weight excluding hydrogens is 563 g/mol. The maximum Gasteiger partial charge on any atom is 0.262 e. The van der Waals surface area contributed by atoms with Gasteiger partial charge in [0.15, 0.2) is 0 Å². The van der Waals surface area contributed by atoms with E-state index in [2.05, 4.69) is 44.9 Å². The number of halogens is 1. The third kappa shape index (κ3) is 4.24. The molecule has 0 spiro atoms. The molecule has 1 unspecified atom stereocenters. The molecule has 1 N–H and O–H groups in total. The van der Waals surface area contributed by atoms with Crippen LogP contribution in [0.25, 0.3) is 0 Å². The Hall–Kier alpha value is -4.52. The highest BCUT2D eigenvalue weighted by Gasteiger charge is 2.57. The first-order valence-electron chi connectivity index (χ1n) is 15.0. The number of fused-ring (bicyclic) bond motifs is 2. The average molecular weight is 597 g/mol. The van der Waals surface area contributed by atoms with Gasteiger partial charge in [-0.1, -0.05) is 39.5 Å². The Morgan fingerprint density at radius 3 is 2.23 bits per heavy atom. The predicted molar refractivity (Wildman–Crippen MR) is 158 cm³/mol. The summed E-state index contributed by atoms with van der Waals surface area (Å²) < 4.78 is 15.1. The van der Waals surface area contributed by atoms with Gasteiger partial charge in [0.1, 0.15) is 11.9 Å². The number of nitrogens with zero attached hydrogens (tertiary/aromatic N) is 3. The van der Waals surface area contributed by atoms with Gasteiger partial charge in [-0.15, -0.1) is 0 Å². The molecule has 0 radical (unpaired) electrons. The fourth-order valence-electron chi connectivity index (χ4n) is 8.44. The van der Waals surface area contributed by atoms with Crippen molar-refractivity contribution in [1.29, 1.82) is 0 Å². The van der Waals surface area contributed by atoms with Crippen LogP contribution in [-0.2, 0) is 16.1 Å². The third-order valence-corrected chi connectivity index (χ3v) is 9.79. The van der Waals surface area contributed by atoms with Crippen LogP contribution in [0.4, 0.5) is 10.1 Å². The van der Waals surface area contributed by atoms with Crippen LogP contribution in [0.15, 0.2) is 30.3 Å². The van der Waals surface area contributed by atoms with Gasteiger partial charge in [0.05, 0.1) is 22.7 Å². The number of carbonyl (C=O) groups excluding carboxylic acids is 5. The summed E-state index contributed by atoms with van der Waals surface area (Å²) in [5.74, 6) is 3.32. The van der Waals surface area contributed by atoms with E-state index in [9.17, 15) is 24.0 Å². The predicted octanol–water partition coefficient (Wildman–Crippen LogP) is 3.50. The summed E-state index contributed by atoms with van der Waals surface area (Å²) in [6.07, 6.45) is 1.12. The van der Waals surface area contributed by atoms with E-state index in [4.69, 9.17) is 0 Å². The maximum absolute atomic E-state index is 15.1. The molecule has 9 nitrogen and oxygen atoms in total. The molecule has 1 atom stereocenters. The Morgan fingerprint density at radius 1 is 0.886 bits per heavy atom. The minimum absolute atomic E-state index is 0.0127. The number of hydrogen-bond acceptors (Lipinski definition) is 6. The first kappa shape index (κ1) is 28.3. The van der Waals surface area contributed by atoms with Gasteiger partial charge < -0.3 is 9.80 Å². The zero-order valence-electron chi connectivity index (χ0n) is 25.1. The second kappa shape index (κ2) is 9.49. The van der Waals surface area contributed by atoms with Crippen LogP contribution in [-0.4, -0.2) is 64.5 Å². The molecule has 2 saturated heterocycles. The van der Waals surface area contributed by atoms with Crippen molar-refractivity contribution in [2.45, 2.75) is 65.6 Å². The molecule has 1 saturated carbocycles. The number of rotatable bonds is 3. The van der Waals surface area contributed by atoms with Crippen LogP contribution in [0.1, 0.15) is 89.2 Å². The number of amides is 5. The quantitative estimate of drug-likeness (QED) is 0.430. The second-order valence-corrected chi connectivity index (χ2v) is 14.0. The second-order valence-electron chi connectivity index (χ2n) is 14.0. The highest BCUT2D eigenvalue weighted by molar-refractivity contribution is 6.23. The van der Waals surface area contributed by atoms with Crippen molar-refractivity contribution in [2.24, 2.45) is 16.7 Å². The Kier molecular flexibility index (Phi) is 6.09. The highest BCUT2D eigenvalue weighted by atomic mass is 19.1. The summed E-state index contributed by atoms with van der Waals surface area (Å²) in [7, 11) is 0. The number of nitrogens with one attached hydrogen (secondary N) is 1. The van der Waals surface area contributed by atoms with E-state index in [1.165, 1.54) is 6.07 Å². The molecular formula is C34H33FN4O5. The minimum Gasteiger partial charge on any atom is -0.367 e. The summed E-state index contributed by atoms with van der Waals surface area (Å²) in [4.78, 5) is 67.8. The van der Waals surface area contributed by atoms with Gasteiger partial charge in [0.25, 0.3) is 17.7 Å². The maximum atomic E-state index is 15.1. The van der Waals surface area contributed by atoms with E-state index < -0.39 is 35.5 Å². The van der Waals surface area contributed by atoms with Gasteiger partial charge in [0, 0.05) is 43.2 Å². The number of piperidine rings is 1. The SMILES string of the molecule is CC1(C)CC(C)(C)C1N1Cc2cc(C#CC3CN(c4cc5c(cc4F)C(=O)N(C4CCC(=O)NC4=O)C5=O)C3)ccc2C1=O. The summed E-state index contributed by atoms with van der Waals surface area (Å²) in [5.41, 5.74) is 2.86. The van der Waals surface area contributed by atoms with Crippen molar-refractivity contribution >= 4 is 35.2 Å². The van der Waals surface area contributed by atoms with E-state index in [1.54, 1.807) is 4.90 Å². The van der Waals surface area contributed by atoms with Gasteiger partial charge in [-0.2, -0.15) is 0 Å². The van der Waals surface area contributed by atoms with Crippen LogP contribution in [0.3, 0.4) is 0 Å². The number of benzene rings is 2. The van der Waals surface area contributed by atoms with Crippen LogP contribution < -0.4 is 10.2 Å². The lowest BCUT2D eigenvalue weighted by atomic mass is 9.51. The van der Waals surface area contributed by atoms with Gasteiger partial charge in [-0.25, -0.2) is 4.39 Å². The zero-order chi connectivity index (χ0) is 31.3. The zero-order valence-corrected chi connectivity index (χ0v) is 25.1. The fourth-order valence-corrected chi connectivity index (χ4v) is 8.44. The standard InChI is InChI=1S/C34H33FN4O5/c1-33(2)17-34(3,4)32(33)38-16-20-11-18(7-8-21(20)29(38)42)5-6-19-14-37(15-19)26-13-23-22(12-24(26)35)30(43)39(31(23)44)25-9-10-27(40)36-28(25)41/h7-8,11-13,19,25,32H,9-10,14-17H2,1-4H3,(H,36,40,41). The van der Waals surface area contributed by atoms with Gasteiger partial charge in [-0.3, -0.25) is 34.2 Å². The summed E-state index contributed by atoms with van der Waals surface area (Å²) in [6.45, 7) is 10.4. The number of anilines is 1. The van der Waals surface area contributed by atoms with Crippen molar-refractivity contribution in [3.8, 4) is 11.8 Å². The Bertz CT molecular complexity index is 1750. The van der Waals surface area contributed by atoms with Crippen LogP contribution >= 0.6 is 0 Å². The molecule has 0 aromatic heterocycles. The van der Waals surface area contributed by atoms with Crippen molar-refractivity contribution < 1.29 is 28.4 Å². The molecule has 4 heterocycles. The topological polar surface area (TPSA) is 107 Å². The Balaban J connectivity index is 1.03. The van der Waals surface area contributed by atoms with Crippen molar-refractivity contribution in [2.75, 3.05) is 18.0 Å². The van der Waals surface area contributed by atoms with E-state index in [0.29, 0.717) is 19.6 Å². The highest BCUT2D eigenvalue weighted by Crippen LogP contribution is 2.57. The smallest absolute Gasteiger partial charge is 0.262 e. The van der Waals surface area contributed by atoms with Crippen LogP contribution in [0.5, 0.6) is 0 Å². The lowest BCUT2D eigenvalue weighted by molar-refractivity contribution is -0.136. The first-order chi connectivity index (χ1) is 20.7. The summed E-state index contributed by atoms with van der Waals surface area (Å²) in [6, 6.07) is 7.23. The summed E-state index contributed by atoms with van der Waals surface area (Å²) in [5, 5.41) is 2.16. The number of carbonyl (C=O) groups is 5. The van der Waals surface area contributed by atoms with Crippen molar-refractivity contribution in [1.82, 2.24) is 15.1 Å². The van der Waals surface area contributed by atoms with Crippen LogP contribution in [0, 0.1) is 34.4 Å². The molecule has 44 heavy (non-hydrogen) atoms. The van der Waals surface area contributed by atoms with E-state index >= 15 is 4.39 Å². The lowest BCUT2D eigenvalue weighted by Gasteiger charge is -2.60. The van der Waals surface area contributed by atoms with E-state index in [0.717, 1.165) is 34.1 Å². The lowest BCUT2D eigenvalue weighted by Crippen LogP contribution is -2.63. The third-order valence-electron chi connectivity index (χ3n) is 9.79. The molecule has 1 aliphatic carbocycles. The molecule has 5 aliphatic rings. The average Bonchev–Trinajstić information content (AvgIpc) is 3.34. The van der Waals surface area contributed by atoms with E-state index in [1.807, 2.05) is 23.1 Å². The Labute approximate surface area is 254 Å². The van der Waals surface area contributed by atoms with Gasteiger partial charge in [0.2, 0.25) is 11.8 Å². The molecule has 10 heteroatoms. The van der Waals surface area contributed by atoms with Crippen molar-refractivity contribution in [3.63, 3.8) is 0 Å². The molecule has 4 aliphatic heterocycles. The molecule has 2 aromatic rings. The van der Waals surface area contributed by atoms with Gasteiger partial charge >= 0.3 is 0 Å². The first-order valence-corrected chi connectivity index (χ1v) is 15.0. The molecule has 0 bridgehead atoms. The Morgan fingerprint density at radius 2 is 1.57 bits per heavy atom. The fraction of sp³-hybridized carbons (Fsp3) is 0.441. The van der Waals surface area contributed by atoms with Crippen LogP contribution in [0.2, 0.25) is 0 Å². The molecule has 2 aromatic carbocycles. The van der Waals surface area contributed by atoms with Crippen molar-refractivity contribution in [3.05, 3.63) is 64.0 Å². The molecule has 226 valence electrons. The molecule has 7 rings (SSSR count).